The van der Waals surface area contributed by atoms with Crippen molar-refractivity contribution in [3.63, 3.8) is 0 Å². The number of benzene rings is 2. The first kappa shape index (κ1) is 21.2. The Bertz CT molecular complexity index is 987. The van der Waals surface area contributed by atoms with Gasteiger partial charge in [0.05, 0.1) is 17.6 Å². The van der Waals surface area contributed by atoms with Crippen molar-refractivity contribution < 1.29 is 19.2 Å². The Morgan fingerprint density at radius 2 is 1.73 bits per heavy atom. The monoisotopic (exact) mass is 428 g/mol. The van der Waals surface area contributed by atoms with E-state index in [1.165, 1.54) is 13.2 Å². The summed E-state index contributed by atoms with van der Waals surface area (Å²) < 4.78 is 4.63. The molecular formula is C20H20N4O5S. The van der Waals surface area contributed by atoms with E-state index in [0.29, 0.717) is 16.9 Å². The van der Waals surface area contributed by atoms with Gasteiger partial charge in [-0.2, -0.15) is 0 Å². The van der Waals surface area contributed by atoms with Gasteiger partial charge in [0.25, 0.3) is 11.6 Å². The number of ether oxygens (including phenoxy) is 1. The molecule has 2 aromatic carbocycles. The van der Waals surface area contributed by atoms with E-state index >= 15 is 0 Å². The van der Waals surface area contributed by atoms with Crippen LogP contribution in [0.2, 0.25) is 0 Å². The minimum absolute atomic E-state index is 0.0251. The molecule has 1 aliphatic heterocycles. The Kier molecular flexibility index (Phi) is 6.58. The Labute approximate surface area is 178 Å². The number of nitrogens with one attached hydrogen (secondary N) is 2. The normalized spacial score (nSPS) is 12.9. The van der Waals surface area contributed by atoms with E-state index in [9.17, 15) is 19.7 Å². The van der Waals surface area contributed by atoms with Crippen molar-refractivity contribution in [2.45, 2.75) is 12.8 Å². The first-order chi connectivity index (χ1) is 14.4. The van der Waals surface area contributed by atoms with Crippen LogP contribution in [-0.2, 0) is 4.74 Å². The molecule has 0 unspecified atom stereocenters. The molecule has 10 heteroatoms. The molecule has 30 heavy (non-hydrogen) atoms. The van der Waals surface area contributed by atoms with Crippen molar-refractivity contribution in [2.24, 2.45) is 0 Å². The van der Waals surface area contributed by atoms with E-state index in [1.54, 1.807) is 36.4 Å². The number of nitro groups is 1. The number of nitro benzene ring substituents is 1. The molecule has 2 aromatic rings. The molecular weight excluding hydrogens is 408 g/mol. The van der Waals surface area contributed by atoms with E-state index in [0.717, 1.165) is 25.9 Å². The van der Waals surface area contributed by atoms with Gasteiger partial charge in [0.2, 0.25) is 0 Å². The maximum atomic E-state index is 12.5. The Morgan fingerprint density at radius 3 is 2.33 bits per heavy atom. The van der Waals surface area contributed by atoms with Crippen LogP contribution in [0.5, 0.6) is 0 Å². The van der Waals surface area contributed by atoms with E-state index in [1.807, 2.05) is 4.90 Å². The molecule has 0 aliphatic carbocycles. The Hall–Kier alpha value is -3.53. The molecule has 3 rings (SSSR count). The first-order valence-corrected chi connectivity index (χ1v) is 9.64. The molecule has 2 N–H and O–H groups in total. The molecule has 1 fully saturated rings. The van der Waals surface area contributed by atoms with Crippen LogP contribution in [0.1, 0.15) is 33.6 Å². The number of amides is 1. The molecule has 1 heterocycles. The second-order valence-electron chi connectivity index (χ2n) is 6.63. The van der Waals surface area contributed by atoms with Crippen LogP contribution in [0.15, 0.2) is 42.5 Å². The van der Waals surface area contributed by atoms with E-state index < -0.39 is 16.8 Å². The molecule has 0 atom stereocenters. The second-order valence-corrected chi connectivity index (χ2v) is 7.04. The lowest BCUT2D eigenvalue weighted by atomic mass is 10.1. The summed E-state index contributed by atoms with van der Waals surface area (Å²) in [6, 6.07) is 10.7. The predicted molar refractivity (Wildman–Crippen MR) is 116 cm³/mol. The van der Waals surface area contributed by atoms with Crippen LogP contribution in [-0.4, -0.2) is 42.1 Å². The van der Waals surface area contributed by atoms with Crippen molar-refractivity contribution >= 4 is 46.3 Å². The molecule has 1 amide bonds. The summed E-state index contributed by atoms with van der Waals surface area (Å²) in [6.45, 7) is 1.52. The van der Waals surface area contributed by atoms with Crippen LogP contribution in [0.3, 0.4) is 0 Å². The maximum Gasteiger partial charge on any atom is 0.337 e. The number of hydrogen-bond donors (Lipinski definition) is 2. The summed E-state index contributed by atoms with van der Waals surface area (Å²) in [5.74, 6) is -1.02. The minimum atomic E-state index is -0.560. The van der Waals surface area contributed by atoms with Gasteiger partial charge >= 0.3 is 5.97 Å². The smallest absolute Gasteiger partial charge is 0.337 e. The standard InChI is InChI=1S/C20H20N4O5S/c1-29-19(26)13-4-7-15(8-5-13)21-20(30)22-18(25)14-6-9-16(17(12-14)24(27)28)23-10-2-3-11-23/h4-9,12H,2-3,10-11H2,1H3,(H2,21,22,25,30). The fraction of sp³-hybridized carbons (Fsp3) is 0.250. The molecule has 0 radical (unpaired) electrons. The number of methoxy groups -OCH3 is 1. The van der Waals surface area contributed by atoms with Crippen molar-refractivity contribution in [3.8, 4) is 0 Å². The lowest BCUT2D eigenvalue weighted by molar-refractivity contribution is -0.384. The highest BCUT2D eigenvalue weighted by Gasteiger charge is 2.24. The SMILES string of the molecule is COC(=O)c1ccc(NC(=S)NC(=O)c2ccc(N3CCCC3)c([N+](=O)[O-])c2)cc1. The highest BCUT2D eigenvalue weighted by atomic mass is 32.1. The van der Waals surface area contributed by atoms with E-state index in [-0.39, 0.29) is 16.4 Å². The largest absolute Gasteiger partial charge is 0.465 e. The summed E-state index contributed by atoms with van der Waals surface area (Å²) in [7, 11) is 1.29. The summed E-state index contributed by atoms with van der Waals surface area (Å²) in [5.41, 5.74) is 1.48. The van der Waals surface area contributed by atoms with Gasteiger partial charge in [0, 0.05) is 30.4 Å². The first-order valence-electron chi connectivity index (χ1n) is 9.23. The van der Waals surface area contributed by atoms with Gasteiger partial charge in [0.15, 0.2) is 5.11 Å². The number of hydrogen-bond acceptors (Lipinski definition) is 7. The van der Waals surface area contributed by atoms with Gasteiger partial charge in [-0.1, -0.05) is 0 Å². The van der Waals surface area contributed by atoms with Crippen LogP contribution in [0.4, 0.5) is 17.1 Å². The summed E-state index contributed by atoms with van der Waals surface area (Å²) >= 11 is 5.14. The topological polar surface area (TPSA) is 114 Å². The van der Waals surface area contributed by atoms with Gasteiger partial charge in [-0.15, -0.1) is 0 Å². The molecule has 0 spiro atoms. The molecule has 1 saturated heterocycles. The lowest BCUT2D eigenvalue weighted by Crippen LogP contribution is -2.34. The third-order valence-corrected chi connectivity index (χ3v) is 4.88. The van der Waals surface area contributed by atoms with E-state index in [4.69, 9.17) is 12.2 Å². The van der Waals surface area contributed by atoms with Crippen molar-refractivity contribution in [3.05, 3.63) is 63.7 Å². The molecule has 0 bridgehead atoms. The quantitative estimate of drug-likeness (QED) is 0.323. The van der Waals surface area contributed by atoms with Crippen LogP contribution in [0.25, 0.3) is 0 Å². The van der Waals surface area contributed by atoms with Gasteiger partial charge in [-0.3, -0.25) is 20.2 Å². The second kappa shape index (κ2) is 9.31. The zero-order valence-electron chi connectivity index (χ0n) is 16.2. The number of carbonyl (C=O) groups excluding carboxylic acids is 2. The number of carbonyl (C=O) groups is 2. The fourth-order valence-corrected chi connectivity index (χ4v) is 3.39. The third-order valence-electron chi connectivity index (χ3n) is 4.67. The molecule has 0 aromatic heterocycles. The summed E-state index contributed by atoms with van der Waals surface area (Å²) in [6.07, 6.45) is 1.97. The van der Waals surface area contributed by atoms with Gasteiger partial charge in [-0.05, 0) is 61.5 Å². The average molecular weight is 428 g/mol. The van der Waals surface area contributed by atoms with Gasteiger partial charge in [-0.25, -0.2) is 4.79 Å². The average Bonchev–Trinajstić information content (AvgIpc) is 3.27. The molecule has 156 valence electrons. The zero-order chi connectivity index (χ0) is 21.7. The molecule has 9 nitrogen and oxygen atoms in total. The lowest BCUT2D eigenvalue weighted by Gasteiger charge is -2.18. The van der Waals surface area contributed by atoms with Crippen LogP contribution < -0.4 is 15.5 Å². The molecule has 1 aliphatic rings. The number of anilines is 2. The summed E-state index contributed by atoms with van der Waals surface area (Å²) in [5, 5.41) is 16.8. The number of rotatable bonds is 5. The number of esters is 1. The highest BCUT2D eigenvalue weighted by Crippen LogP contribution is 2.31. The van der Waals surface area contributed by atoms with Crippen LogP contribution in [0, 0.1) is 10.1 Å². The van der Waals surface area contributed by atoms with Gasteiger partial charge in [0.1, 0.15) is 5.69 Å². The van der Waals surface area contributed by atoms with Crippen molar-refractivity contribution in [2.75, 3.05) is 30.4 Å². The highest BCUT2D eigenvalue weighted by molar-refractivity contribution is 7.80. The zero-order valence-corrected chi connectivity index (χ0v) is 17.0. The van der Waals surface area contributed by atoms with Crippen LogP contribution >= 0.6 is 12.2 Å². The Balaban J connectivity index is 1.67. The molecule has 0 saturated carbocycles. The van der Waals surface area contributed by atoms with Gasteiger partial charge < -0.3 is 15.0 Å². The fourth-order valence-electron chi connectivity index (χ4n) is 3.18. The van der Waals surface area contributed by atoms with Crippen molar-refractivity contribution in [1.29, 1.82) is 0 Å². The number of thiocarbonyl (C=S) groups is 1. The minimum Gasteiger partial charge on any atom is -0.465 e. The third kappa shape index (κ3) is 4.90. The van der Waals surface area contributed by atoms with Crippen molar-refractivity contribution in [1.82, 2.24) is 5.32 Å². The van der Waals surface area contributed by atoms with E-state index in [2.05, 4.69) is 15.4 Å². The maximum absolute atomic E-state index is 12.5. The Morgan fingerprint density at radius 1 is 1.10 bits per heavy atom. The predicted octanol–water partition coefficient (Wildman–Crippen LogP) is 3.11. The number of nitrogens with zero attached hydrogens (tertiary/aromatic N) is 2. The summed E-state index contributed by atoms with van der Waals surface area (Å²) in [4.78, 5) is 36.9.